The molecule has 0 radical (unpaired) electrons. The summed E-state index contributed by atoms with van der Waals surface area (Å²) >= 11 is 0. The third kappa shape index (κ3) is 4.31. The smallest absolute Gasteiger partial charge is 0.238 e. The summed E-state index contributed by atoms with van der Waals surface area (Å²) in [5.41, 5.74) is 3.42. The number of aryl methyl sites for hydroxylation is 2. The Labute approximate surface area is 133 Å². The molecule has 122 valence electrons. The molecule has 4 heteroatoms. The zero-order chi connectivity index (χ0) is 16.1. The second-order valence-electron chi connectivity index (χ2n) is 6.16. The minimum atomic E-state index is 0.0666. The molecule has 0 bridgehead atoms. The summed E-state index contributed by atoms with van der Waals surface area (Å²) in [6, 6.07) is 6.25. The minimum absolute atomic E-state index is 0.0666. The molecule has 2 rings (SSSR count). The van der Waals surface area contributed by atoms with Crippen LogP contribution >= 0.6 is 0 Å². The Morgan fingerprint density at radius 3 is 2.23 bits per heavy atom. The summed E-state index contributed by atoms with van der Waals surface area (Å²) in [5.74, 6) is 0.0666. The number of hydrogen-bond acceptors (Lipinski definition) is 3. The van der Waals surface area contributed by atoms with Gasteiger partial charge < -0.3 is 10.1 Å². The quantitative estimate of drug-likeness (QED) is 0.909. The van der Waals surface area contributed by atoms with Crippen LogP contribution in [0.1, 0.15) is 38.8 Å². The Hall–Kier alpha value is -1.39. The molecule has 0 unspecified atom stereocenters. The largest absolute Gasteiger partial charge is 0.373 e. The number of ether oxygens (including phenoxy) is 1. The predicted molar refractivity (Wildman–Crippen MR) is 90.3 cm³/mol. The van der Waals surface area contributed by atoms with E-state index in [9.17, 15) is 4.79 Å². The van der Waals surface area contributed by atoms with Crippen LogP contribution in [-0.4, -0.2) is 42.6 Å². The number of rotatable bonds is 5. The topological polar surface area (TPSA) is 41.6 Å². The number of nitrogens with one attached hydrogen (secondary N) is 1. The van der Waals surface area contributed by atoms with Crippen molar-refractivity contribution in [3.8, 4) is 0 Å². The number of benzene rings is 1. The van der Waals surface area contributed by atoms with Gasteiger partial charge in [-0.3, -0.25) is 9.69 Å². The van der Waals surface area contributed by atoms with Crippen molar-refractivity contribution in [2.24, 2.45) is 0 Å². The van der Waals surface area contributed by atoms with Crippen molar-refractivity contribution >= 4 is 11.6 Å². The third-order valence-corrected chi connectivity index (χ3v) is 4.13. The highest BCUT2D eigenvalue weighted by Crippen LogP contribution is 2.22. The molecule has 1 fully saturated rings. The molecule has 0 saturated carbocycles. The van der Waals surface area contributed by atoms with Crippen molar-refractivity contribution in [2.45, 2.75) is 52.7 Å². The number of carbonyl (C=O) groups excluding carboxylic acids is 1. The number of para-hydroxylation sites is 1. The van der Waals surface area contributed by atoms with Gasteiger partial charge in [0, 0.05) is 18.8 Å². The Balaban J connectivity index is 2.03. The van der Waals surface area contributed by atoms with Gasteiger partial charge in [0.1, 0.15) is 0 Å². The first-order valence-electron chi connectivity index (χ1n) is 8.31. The normalized spacial score (nSPS) is 22.5. The fourth-order valence-corrected chi connectivity index (χ4v) is 3.20. The number of anilines is 1. The number of hydrogen-bond donors (Lipinski definition) is 1. The molecule has 4 nitrogen and oxygen atoms in total. The highest BCUT2D eigenvalue weighted by molar-refractivity contribution is 5.93. The lowest BCUT2D eigenvalue weighted by Crippen LogP contribution is -2.48. The van der Waals surface area contributed by atoms with Gasteiger partial charge in [-0.25, -0.2) is 0 Å². The molecule has 22 heavy (non-hydrogen) atoms. The summed E-state index contributed by atoms with van der Waals surface area (Å²) in [6.07, 6.45) is 2.22. The molecule has 0 aromatic heterocycles. The van der Waals surface area contributed by atoms with Crippen molar-refractivity contribution in [3.63, 3.8) is 0 Å². The van der Waals surface area contributed by atoms with Crippen LogP contribution in [-0.2, 0) is 22.4 Å². The summed E-state index contributed by atoms with van der Waals surface area (Å²) in [4.78, 5) is 14.6. The predicted octanol–water partition coefficient (Wildman–Crippen LogP) is 2.86. The van der Waals surface area contributed by atoms with Crippen molar-refractivity contribution in [1.29, 1.82) is 0 Å². The first kappa shape index (κ1) is 17.0. The molecule has 1 aliphatic heterocycles. The maximum Gasteiger partial charge on any atom is 0.238 e. The summed E-state index contributed by atoms with van der Waals surface area (Å²) in [7, 11) is 0. The van der Waals surface area contributed by atoms with Crippen LogP contribution < -0.4 is 5.32 Å². The van der Waals surface area contributed by atoms with Gasteiger partial charge in [-0.15, -0.1) is 0 Å². The van der Waals surface area contributed by atoms with Gasteiger partial charge in [-0.2, -0.15) is 0 Å². The number of morpholine rings is 1. The Kier molecular flexibility index (Phi) is 5.98. The summed E-state index contributed by atoms with van der Waals surface area (Å²) in [5, 5.41) is 3.14. The molecular weight excluding hydrogens is 276 g/mol. The Morgan fingerprint density at radius 1 is 1.18 bits per heavy atom. The average Bonchev–Trinajstić information content (AvgIpc) is 2.46. The zero-order valence-corrected chi connectivity index (χ0v) is 14.2. The van der Waals surface area contributed by atoms with E-state index in [0.717, 1.165) is 31.6 Å². The lowest BCUT2D eigenvalue weighted by Gasteiger charge is -2.34. The van der Waals surface area contributed by atoms with Crippen LogP contribution in [0, 0.1) is 0 Å². The SMILES string of the molecule is CCc1cccc(CC)c1NC(=O)CN1C[C@@H](C)O[C@H](C)C1. The highest BCUT2D eigenvalue weighted by atomic mass is 16.5. The summed E-state index contributed by atoms with van der Waals surface area (Å²) in [6.45, 7) is 10.4. The molecule has 1 N–H and O–H groups in total. The van der Waals surface area contributed by atoms with Gasteiger partial charge >= 0.3 is 0 Å². The Bertz CT molecular complexity index is 484. The first-order valence-corrected chi connectivity index (χ1v) is 8.31. The molecule has 1 aliphatic rings. The van der Waals surface area contributed by atoms with E-state index in [1.54, 1.807) is 0 Å². The molecule has 1 aromatic carbocycles. The fourth-order valence-electron chi connectivity index (χ4n) is 3.20. The van der Waals surface area contributed by atoms with E-state index in [4.69, 9.17) is 4.74 Å². The van der Waals surface area contributed by atoms with Gasteiger partial charge in [0.15, 0.2) is 0 Å². The van der Waals surface area contributed by atoms with Gasteiger partial charge in [0.2, 0.25) is 5.91 Å². The molecule has 0 aliphatic carbocycles. The number of nitrogens with zero attached hydrogens (tertiary/aromatic N) is 1. The van der Waals surface area contributed by atoms with Crippen molar-refractivity contribution < 1.29 is 9.53 Å². The van der Waals surface area contributed by atoms with Crippen molar-refractivity contribution in [3.05, 3.63) is 29.3 Å². The van der Waals surface area contributed by atoms with E-state index < -0.39 is 0 Å². The average molecular weight is 304 g/mol. The molecule has 0 spiro atoms. The highest BCUT2D eigenvalue weighted by Gasteiger charge is 2.24. The lowest BCUT2D eigenvalue weighted by atomic mass is 10.0. The van der Waals surface area contributed by atoms with Crippen LogP contribution in [0.25, 0.3) is 0 Å². The van der Waals surface area contributed by atoms with E-state index in [2.05, 4.69) is 56.1 Å². The van der Waals surface area contributed by atoms with E-state index >= 15 is 0 Å². The van der Waals surface area contributed by atoms with Gasteiger partial charge in [0.05, 0.1) is 18.8 Å². The van der Waals surface area contributed by atoms with E-state index in [0.29, 0.717) is 6.54 Å². The van der Waals surface area contributed by atoms with Gasteiger partial charge in [0.25, 0.3) is 0 Å². The van der Waals surface area contributed by atoms with E-state index in [1.807, 2.05) is 0 Å². The molecule has 1 heterocycles. The summed E-state index contributed by atoms with van der Waals surface area (Å²) < 4.78 is 5.72. The zero-order valence-electron chi connectivity index (χ0n) is 14.2. The molecule has 1 amide bonds. The van der Waals surface area contributed by atoms with Crippen LogP contribution in [0.15, 0.2) is 18.2 Å². The van der Waals surface area contributed by atoms with Crippen LogP contribution in [0.2, 0.25) is 0 Å². The molecule has 1 aromatic rings. The minimum Gasteiger partial charge on any atom is -0.373 e. The molecule has 1 saturated heterocycles. The molecule has 2 atom stereocenters. The number of amides is 1. The maximum atomic E-state index is 12.4. The number of carbonyl (C=O) groups is 1. The van der Waals surface area contributed by atoms with E-state index in [1.165, 1.54) is 11.1 Å². The Morgan fingerprint density at radius 2 is 1.73 bits per heavy atom. The second-order valence-corrected chi connectivity index (χ2v) is 6.16. The second kappa shape index (κ2) is 7.75. The van der Waals surface area contributed by atoms with Gasteiger partial charge in [-0.05, 0) is 37.8 Å². The monoisotopic (exact) mass is 304 g/mol. The van der Waals surface area contributed by atoms with Gasteiger partial charge in [-0.1, -0.05) is 32.0 Å². The van der Waals surface area contributed by atoms with Crippen LogP contribution in [0.3, 0.4) is 0 Å². The van der Waals surface area contributed by atoms with Crippen molar-refractivity contribution in [2.75, 3.05) is 25.0 Å². The maximum absolute atomic E-state index is 12.4. The standard InChI is InChI=1S/C18H28N2O2/c1-5-15-8-7-9-16(6-2)18(15)19-17(21)12-20-10-13(3)22-14(4)11-20/h7-9,13-14H,5-6,10-12H2,1-4H3,(H,19,21)/t13-,14-/m1/s1. The van der Waals surface area contributed by atoms with Crippen LogP contribution in [0.4, 0.5) is 5.69 Å². The van der Waals surface area contributed by atoms with E-state index in [-0.39, 0.29) is 18.1 Å². The lowest BCUT2D eigenvalue weighted by molar-refractivity contribution is -0.121. The first-order chi connectivity index (χ1) is 10.5. The third-order valence-electron chi connectivity index (χ3n) is 4.13. The molecular formula is C18H28N2O2. The van der Waals surface area contributed by atoms with Crippen molar-refractivity contribution in [1.82, 2.24) is 4.90 Å². The van der Waals surface area contributed by atoms with Crippen LogP contribution in [0.5, 0.6) is 0 Å². The fraction of sp³-hybridized carbons (Fsp3) is 0.611.